The van der Waals surface area contributed by atoms with Crippen LogP contribution in [0.15, 0.2) is 42.0 Å². The smallest absolute Gasteiger partial charge is 0.0587 e. The average molecular weight is 289 g/mol. The molecule has 0 unspecified atom stereocenters. The average Bonchev–Trinajstić information content (AvgIpc) is 2.44. The van der Waals surface area contributed by atoms with E-state index in [2.05, 4.69) is 69.0 Å². The lowest BCUT2D eigenvalue weighted by Gasteiger charge is -2.31. The van der Waals surface area contributed by atoms with Crippen LogP contribution in [-0.2, 0) is 6.54 Å². The molecule has 1 N–H and O–H groups in total. The molecule has 21 heavy (non-hydrogen) atoms. The normalized spacial score (nSPS) is 12.7. The Kier molecular flexibility index (Phi) is 8.33. The van der Waals surface area contributed by atoms with Crippen molar-refractivity contribution < 1.29 is 5.11 Å². The number of aliphatic hydroxyl groups is 1. The van der Waals surface area contributed by atoms with Crippen molar-refractivity contribution >= 4 is 0 Å². The van der Waals surface area contributed by atoms with E-state index in [-0.39, 0.29) is 12.6 Å². The molecule has 1 aromatic carbocycles. The molecule has 1 aromatic rings. The van der Waals surface area contributed by atoms with E-state index in [1.54, 1.807) is 0 Å². The lowest BCUT2D eigenvalue weighted by atomic mass is 10.0. The Hall–Kier alpha value is -1.12. The fraction of sp³-hybridized carbons (Fsp3) is 0.579. The molecule has 0 aromatic heterocycles. The third-order valence-corrected chi connectivity index (χ3v) is 3.67. The summed E-state index contributed by atoms with van der Waals surface area (Å²) in [4.78, 5) is 2.43. The number of hydrogen-bond donors (Lipinski definition) is 1. The Morgan fingerprint density at radius 2 is 1.86 bits per heavy atom. The molecule has 0 fully saturated rings. The van der Waals surface area contributed by atoms with Crippen molar-refractivity contribution in [1.82, 2.24) is 4.90 Å². The highest BCUT2D eigenvalue weighted by Crippen LogP contribution is 2.16. The van der Waals surface area contributed by atoms with Crippen LogP contribution in [0.5, 0.6) is 0 Å². The fourth-order valence-corrected chi connectivity index (χ4v) is 2.61. The second-order valence-electron chi connectivity index (χ2n) is 6.49. The first kappa shape index (κ1) is 17.9. The summed E-state index contributed by atoms with van der Waals surface area (Å²) in [5.74, 6) is 0.601. The summed E-state index contributed by atoms with van der Waals surface area (Å²) < 4.78 is 0. The van der Waals surface area contributed by atoms with Crippen LogP contribution in [0.4, 0.5) is 0 Å². The molecule has 0 aliphatic carbocycles. The first-order valence-corrected chi connectivity index (χ1v) is 8.05. The van der Waals surface area contributed by atoms with Gasteiger partial charge in [-0.25, -0.2) is 0 Å². The van der Waals surface area contributed by atoms with Crippen LogP contribution in [0.2, 0.25) is 0 Å². The van der Waals surface area contributed by atoms with Gasteiger partial charge in [-0.3, -0.25) is 4.90 Å². The highest BCUT2D eigenvalue weighted by Gasteiger charge is 2.18. The zero-order valence-electron chi connectivity index (χ0n) is 14.0. The Labute approximate surface area is 130 Å². The van der Waals surface area contributed by atoms with Crippen LogP contribution in [0.1, 0.15) is 46.1 Å². The highest BCUT2D eigenvalue weighted by molar-refractivity contribution is 5.14. The molecule has 118 valence electrons. The molecule has 0 saturated heterocycles. The minimum Gasteiger partial charge on any atom is -0.395 e. The molecule has 1 rings (SSSR count). The molecule has 0 heterocycles. The summed E-state index contributed by atoms with van der Waals surface area (Å²) in [6.07, 6.45) is 4.36. The second kappa shape index (κ2) is 9.75. The van der Waals surface area contributed by atoms with E-state index in [4.69, 9.17) is 0 Å². The van der Waals surface area contributed by atoms with E-state index in [1.807, 2.05) is 0 Å². The van der Waals surface area contributed by atoms with Gasteiger partial charge in [0.2, 0.25) is 0 Å². The van der Waals surface area contributed by atoms with Gasteiger partial charge in [0.25, 0.3) is 0 Å². The van der Waals surface area contributed by atoms with Gasteiger partial charge in [0.15, 0.2) is 0 Å². The third-order valence-electron chi connectivity index (χ3n) is 3.67. The fourth-order valence-electron chi connectivity index (χ4n) is 2.61. The van der Waals surface area contributed by atoms with Gasteiger partial charge in [-0.2, -0.15) is 0 Å². The van der Waals surface area contributed by atoms with Crippen LogP contribution < -0.4 is 0 Å². The molecule has 0 spiro atoms. The minimum absolute atomic E-state index is 0.236. The molecule has 0 aliphatic heterocycles. The number of allylic oxidation sites excluding steroid dienone is 1. The van der Waals surface area contributed by atoms with Gasteiger partial charge < -0.3 is 5.11 Å². The van der Waals surface area contributed by atoms with Crippen LogP contribution in [0.25, 0.3) is 0 Å². The largest absolute Gasteiger partial charge is 0.395 e. The van der Waals surface area contributed by atoms with E-state index in [0.717, 1.165) is 25.9 Å². The maximum absolute atomic E-state index is 9.77. The van der Waals surface area contributed by atoms with Crippen molar-refractivity contribution in [3.8, 4) is 0 Å². The van der Waals surface area contributed by atoms with E-state index in [0.29, 0.717) is 5.92 Å². The van der Waals surface area contributed by atoms with Crippen molar-refractivity contribution in [2.75, 3.05) is 13.2 Å². The molecule has 0 bridgehead atoms. The van der Waals surface area contributed by atoms with E-state index in [9.17, 15) is 5.11 Å². The van der Waals surface area contributed by atoms with Crippen LogP contribution in [0.3, 0.4) is 0 Å². The van der Waals surface area contributed by atoms with Crippen molar-refractivity contribution in [1.29, 1.82) is 0 Å². The SMILES string of the molecule is CC(C)=CCCN(Cc1ccccc1)[C@H](CO)CC(C)C. The third kappa shape index (κ3) is 7.45. The van der Waals surface area contributed by atoms with Crippen molar-refractivity contribution in [3.05, 3.63) is 47.5 Å². The zero-order chi connectivity index (χ0) is 15.7. The van der Waals surface area contributed by atoms with Gasteiger partial charge >= 0.3 is 0 Å². The minimum atomic E-state index is 0.236. The number of benzene rings is 1. The van der Waals surface area contributed by atoms with Crippen LogP contribution in [-0.4, -0.2) is 29.2 Å². The van der Waals surface area contributed by atoms with Gasteiger partial charge in [-0.05, 0) is 38.2 Å². The quantitative estimate of drug-likeness (QED) is 0.687. The number of aliphatic hydroxyl groups excluding tert-OH is 1. The first-order valence-electron chi connectivity index (χ1n) is 8.05. The molecule has 1 atom stereocenters. The number of rotatable bonds is 9. The van der Waals surface area contributed by atoms with Crippen molar-refractivity contribution in [3.63, 3.8) is 0 Å². The van der Waals surface area contributed by atoms with E-state index in [1.165, 1.54) is 11.1 Å². The van der Waals surface area contributed by atoms with Gasteiger partial charge in [0.1, 0.15) is 0 Å². The molecule has 0 saturated carbocycles. The maximum atomic E-state index is 9.77. The Bertz CT molecular complexity index is 407. The summed E-state index contributed by atoms with van der Waals surface area (Å²) in [7, 11) is 0. The van der Waals surface area contributed by atoms with Gasteiger partial charge in [-0.1, -0.05) is 55.8 Å². The number of nitrogens with zero attached hydrogens (tertiary/aromatic N) is 1. The number of hydrogen-bond acceptors (Lipinski definition) is 2. The summed E-state index contributed by atoms with van der Waals surface area (Å²) in [5.41, 5.74) is 2.68. The molecule has 0 radical (unpaired) electrons. The summed E-state index contributed by atoms with van der Waals surface area (Å²) in [6, 6.07) is 10.8. The van der Waals surface area contributed by atoms with E-state index >= 15 is 0 Å². The molecule has 0 amide bonds. The maximum Gasteiger partial charge on any atom is 0.0587 e. The van der Waals surface area contributed by atoms with Crippen LogP contribution >= 0.6 is 0 Å². The molecule has 2 heteroatoms. The lowest BCUT2D eigenvalue weighted by molar-refractivity contribution is 0.102. The highest BCUT2D eigenvalue weighted by atomic mass is 16.3. The monoisotopic (exact) mass is 289 g/mol. The van der Waals surface area contributed by atoms with E-state index < -0.39 is 0 Å². The molecule has 0 aliphatic rings. The Morgan fingerprint density at radius 3 is 2.38 bits per heavy atom. The summed E-state index contributed by atoms with van der Waals surface area (Å²) >= 11 is 0. The van der Waals surface area contributed by atoms with Gasteiger partial charge in [-0.15, -0.1) is 0 Å². The predicted molar refractivity (Wildman–Crippen MR) is 91.2 cm³/mol. The zero-order valence-corrected chi connectivity index (χ0v) is 14.0. The standard InChI is InChI=1S/C19H31NO/c1-16(2)9-8-12-20(19(15-21)13-17(3)4)14-18-10-6-5-7-11-18/h5-7,9-11,17,19,21H,8,12-15H2,1-4H3/t19-/m0/s1. The van der Waals surface area contributed by atoms with Crippen LogP contribution in [0, 0.1) is 5.92 Å². The second-order valence-corrected chi connectivity index (χ2v) is 6.49. The van der Waals surface area contributed by atoms with Crippen molar-refractivity contribution in [2.24, 2.45) is 5.92 Å². The Balaban J connectivity index is 2.74. The molecule has 2 nitrogen and oxygen atoms in total. The Morgan fingerprint density at radius 1 is 1.19 bits per heavy atom. The summed E-state index contributed by atoms with van der Waals surface area (Å²) in [6.45, 7) is 10.9. The topological polar surface area (TPSA) is 23.5 Å². The first-order chi connectivity index (χ1) is 10.0. The lowest BCUT2D eigenvalue weighted by Crippen LogP contribution is -2.39. The molecular weight excluding hydrogens is 258 g/mol. The van der Waals surface area contributed by atoms with Gasteiger partial charge in [0.05, 0.1) is 6.61 Å². The predicted octanol–water partition coefficient (Wildman–Crippen LogP) is 4.25. The molecular formula is C19H31NO. The van der Waals surface area contributed by atoms with Crippen molar-refractivity contribution in [2.45, 2.75) is 53.1 Å². The van der Waals surface area contributed by atoms with Gasteiger partial charge in [0, 0.05) is 19.1 Å². The summed E-state index contributed by atoms with van der Waals surface area (Å²) in [5, 5.41) is 9.77.